The van der Waals surface area contributed by atoms with E-state index in [1.807, 2.05) is 18.2 Å². The zero-order valence-electron chi connectivity index (χ0n) is 9.40. The normalized spacial score (nSPS) is 10.4. The molecule has 0 saturated heterocycles. The highest BCUT2D eigenvalue weighted by molar-refractivity contribution is 8.00. The van der Waals surface area contributed by atoms with Gasteiger partial charge in [-0.15, -0.1) is 0 Å². The Morgan fingerprint density at radius 2 is 2.29 bits per heavy atom. The van der Waals surface area contributed by atoms with Crippen LogP contribution in [0.15, 0.2) is 24.3 Å². The first-order valence-corrected chi connectivity index (χ1v) is 7.04. The van der Waals surface area contributed by atoms with Gasteiger partial charge in [0.1, 0.15) is 0 Å². The minimum atomic E-state index is 0.00517. The maximum Gasteiger partial charge on any atom is 0.216 e. The van der Waals surface area contributed by atoms with Crippen molar-refractivity contribution in [2.75, 3.05) is 17.0 Å². The Bertz CT molecular complexity index is 479. The first-order valence-electron chi connectivity index (χ1n) is 5.23. The van der Waals surface area contributed by atoms with E-state index in [0.29, 0.717) is 6.54 Å². The molecule has 4 nitrogen and oxygen atoms in total. The summed E-state index contributed by atoms with van der Waals surface area (Å²) in [5.74, 6) is 0.820. The maximum absolute atomic E-state index is 10.6. The van der Waals surface area contributed by atoms with Gasteiger partial charge in [-0.1, -0.05) is 23.5 Å². The lowest BCUT2D eigenvalue weighted by molar-refractivity contribution is -0.118. The van der Waals surface area contributed by atoms with E-state index < -0.39 is 0 Å². The van der Waals surface area contributed by atoms with Crippen LogP contribution >= 0.6 is 23.3 Å². The molecule has 17 heavy (non-hydrogen) atoms. The van der Waals surface area contributed by atoms with Crippen LogP contribution in [0.5, 0.6) is 0 Å². The fourth-order valence-electron chi connectivity index (χ4n) is 1.31. The summed E-state index contributed by atoms with van der Waals surface area (Å²) in [5.41, 5.74) is 1.02. The van der Waals surface area contributed by atoms with Crippen molar-refractivity contribution >= 4 is 44.5 Å². The van der Waals surface area contributed by atoms with Crippen molar-refractivity contribution in [1.82, 2.24) is 10.3 Å². The van der Waals surface area contributed by atoms with Gasteiger partial charge in [-0.25, -0.2) is 4.98 Å². The van der Waals surface area contributed by atoms with Crippen molar-refractivity contribution in [3.63, 3.8) is 0 Å². The van der Waals surface area contributed by atoms with E-state index in [2.05, 4.69) is 21.1 Å². The van der Waals surface area contributed by atoms with E-state index in [1.54, 1.807) is 23.3 Å². The lowest BCUT2D eigenvalue weighted by Crippen LogP contribution is -2.22. The number of nitrogens with zero attached hydrogens (tertiary/aromatic N) is 1. The summed E-state index contributed by atoms with van der Waals surface area (Å²) in [6.07, 6.45) is 0. The van der Waals surface area contributed by atoms with Gasteiger partial charge in [0.15, 0.2) is 5.13 Å². The number of fused-ring (bicyclic) bond motifs is 1. The molecular formula is C11H13N3OS2. The van der Waals surface area contributed by atoms with Crippen molar-refractivity contribution in [1.29, 1.82) is 0 Å². The van der Waals surface area contributed by atoms with Crippen LogP contribution in [0.4, 0.5) is 5.13 Å². The Labute approximate surface area is 108 Å². The molecule has 0 fully saturated rings. The van der Waals surface area contributed by atoms with Gasteiger partial charge in [-0.05, 0) is 24.1 Å². The van der Waals surface area contributed by atoms with Crippen LogP contribution in [-0.2, 0) is 4.79 Å². The number of carbonyl (C=O) groups is 1. The van der Waals surface area contributed by atoms with Crippen LogP contribution in [0.3, 0.4) is 0 Å². The highest BCUT2D eigenvalue weighted by Crippen LogP contribution is 2.26. The molecule has 90 valence electrons. The third-order valence-corrected chi connectivity index (χ3v) is 3.86. The molecule has 1 aromatic carbocycles. The van der Waals surface area contributed by atoms with Crippen molar-refractivity contribution in [2.24, 2.45) is 0 Å². The zero-order valence-corrected chi connectivity index (χ0v) is 11.0. The number of para-hydroxylation sites is 1. The number of hydrogen-bond donors (Lipinski definition) is 2. The minimum Gasteiger partial charge on any atom is -0.355 e. The van der Waals surface area contributed by atoms with E-state index in [4.69, 9.17) is 0 Å². The number of amides is 1. The third-order valence-electron chi connectivity index (χ3n) is 2.03. The average molecular weight is 267 g/mol. The van der Waals surface area contributed by atoms with Crippen LogP contribution in [0, 0.1) is 0 Å². The Morgan fingerprint density at radius 1 is 1.47 bits per heavy atom. The summed E-state index contributed by atoms with van der Waals surface area (Å²) in [6, 6.07) is 8.04. The van der Waals surface area contributed by atoms with Crippen molar-refractivity contribution < 1.29 is 4.79 Å². The molecule has 2 N–H and O–H groups in total. The molecule has 1 heterocycles. The first kappa shape index (κ1) is 12.2. The van der Waals surface area contributed by atoms with Crippen LogP contribution in [0.1, 0.15) is 6.92 Å². The summed E-state index contributed by atoms with van der Waals surface area (Å²) in [7, 11) is 0. The number of aromatic nitrogens is 1. The molecular weight excluding hydrogens is 254 g/mol. The van der Waals surface area contributed by atoms with Crippen LogP contribution in [-0.4, -0.2) is 23.2 Å². The Kier molecular flexibility index (Phi) is 4.22. The van der Waals surface area contributed by atoms with Gasteiger partial charge >= 0.3 is 0 Å². The van der Waals surface area contributed by atoms with Crippen LogP contribution < -0.4 is 10.0 Å². The van der Waals surface area contributed by atoms with E-state index in [-0.39, 0.29) is 5.91 Å². The van der Waals surface area contributed by atoms with Gasteiger partial charge in [-0.3, -0.25) is 4.79 Å². The lowest BCUT2D eigenvalue weighted by Gasteiger charge is -2.01. The summed E-state index contributed by atoms with van der Waals surface area (Å²) in [6.45, 7) is 2.18. The van der Waals surface area contributed by atoms with Crippen LogP contribution in [0.2, 0.25) is 0 Å². The predicted molar refractivity (Wildman–Crippen MR) is 74.4 cm³/mol. The standard InChI is InChI=1S/C11H13N3OS2/c1-8(15)12-6-7-16-14-11-13-9-4-2-3-5-10(9)17-11/h2-5H,6-7H2,1H3,(H,12,15)(H,13,14). The molecule has 2 rings (SSSR count). The van der Waals surface area contributed by atoms with Gasteiger partial charge in [0, 0.05) is 19.2 Å². The van der Waals surface area contributed by atoms with Crippen molar-refractivity contribution in [3.05, 3.63) is 24.3 Å². The molecule has 2 aromatic rings. The quantitative estimate of drug-likeness (QED) is 0.645. The van der Waals surface area contributed by atoms with Gasteiger partial charge in [0.25, 0.3) is 0 Å². The molecule has 0 bridgehead atoms. The fourth-order valence-corrected chi connectivity index (χ4v) is 2.84. The monoisotopic (exact) mass is 267 g/mol. The van der Waals surface area contributed by atoms with Gasteiger partial charge in [-0.2, -0.15) is 0 Å². The Balaban J connectivity index is 1.81. The smallest absolute Gasteiger partial charge is 0.216 e. The van der Waals surface area contributed by atoms with Crippen molar-refractivity contribution in [2.45, 2.75) is 6.92 Å². The zero-order chi connectivity index (χ0) is 12.1. The van der Waals surface area contributed by atoms with E-state index in [0.717, 1.165) is 16.4 Å². The molecule has 1 amide bonds. The number of hydrogen-bond acceptors (Lipinski definition) is 5. The molecule has 0 radical (unpaired) electrons. The summed E-state index contributed by atoms with van der Waals surface area (Å²) < 4.78 is 4.36. The van der Waals surface area contributed by atoms with Gasteiger partial charge in [0.2, 0.25) is 5.91 Å². The highest BCUT2D eigenvalue weighted by atomic mass is 32.2. The minimum absolute atomic E-state index is 0.00517. The van der Waals surface area contributed by atoms with E-state index in [9.17, 15) is 4.79 Å². The second-order valence-electron chi connectivity index (χ2n) is 3.42. The number of nitrogens with one attached hydrogen (secondary N) is 2. The summed E-state index contributed by atoms with van der Waals surface area (Å²) >= 11 is 3.18. The second-order valence-corrected chi connectivity index (χ2v) is 5.35. The predicted octanol–water partition coefficient (Wildman–Crippen LogP) is 2.49. The fraction of sp³-hybridized carbons (Fsp3) is 0.273. The Morgan fingerprint density at radius 3 is 3.06 bits per heavy atom. The first-order chi connectivity index (χ1) is 8.25. The Hall–Kier alpha value is -1.27. The lowest BCUT2D eigenvalue weighted by atomic mass is 10.3. The number of thiazole rings is 1. The second kappa shape index (κ2) is 5.88. The summed E-state index contributed by atoms with van der Waals surface area (Å²) in [4.78, 5) is 15.1. The number of benzene rings is 1. The summed E-state index contributed by atoms with van der Waals surface area (Å²) in [5, 5.41) is 3.64. The maximum atomic E-state index is 10.6. The van der Waals surface area contributed by atoms with Gasteiger partial charge in [0.05, 0.1) is 10.2 Å². The van der Waals surface area contributed by atoms with Crippen LogP contribution in [0.25, 0.3) is 10.2 Å². The number of rotatable bonds is 5. The molecule has 0 atom stereocenters. The number of anilines is 1. The van der Waals surface area contributed by atoms with Crippen molar-refractivity contribution in [3.8, 4) is 0 Å². The average Bonchev–Trinajstić information content (AvgIpc) is 2.70. The molecule has 1 aromatic heterocycles. The number of carbonyl (C=O) groups excluding carboxylic acids is 1. The molecule has 0 spiro atoms. The van der Waals surface area contributed by atoms with Gasteiger partial charge < -0.3 is 10.0 Å². The third kappa shape index (κ3) is 3.61. The van der Waals surface area contributed by atoms with E-state index >= 15 is 0 Å². The largest absolute Gasteiger partial charge is 0.355 e. The molecule has 0 unspecified atom stereocenters. The molecule has 0 saturated carbocycles. The molecule has 0 aliphatic carbocycles. The molecule has 0 aliphatic heterocycles. The highest BCUT2D eigenvalue weighted by Gasteiger charge is 2.01. The SMILES string of the molecule is CC(=O)NCCSNc1nc2ccccc2s1. The topological polar surface area (TPSA) is 54.0 Å². The molecule has 6 heteroatoms. The molecule has 0 aliphatic rings. The van der Waals surface area contributed by atoms with E-state index in [1.165, 1.54) is 11.6 Å².